The molecule has 2 aromatic heterocycles. The first-order chi connectivity index (χ1) is 14.7. The van der Waals surface area contributed by atoms with Crippen LogP contribution in [0.4, 0.5) is 5.82 Å². The van der Waals surface area contributed by atoms with Gasteiger partial charge in [-0.3, -0.25) is 4.57 Å². The van der Waals surface area contributed by atoms with Crippen LogP contribution in [-0.4, -0.2) is 58.4 Å². The van der Waals surface area contributed by atoms with E-state index < -0.39 is 10.0 Å². The third-order valence-corrected chi connectivity index (χ3v) is 8.00. The van der Waals surface area contributed by atoms with Crippen LogP contribution in [0.2, 0.25) is 10.0 Å². The van der Waals surface area contributed by atoms with Gasteiger partial charge in [0.2, 0.25) is 10.0 Å². The van der Waals surface area contributed by atoms with Crippen molar-refractivity contribution in [2.75, 3.05) is 31.1 Å². The lowest BCUT2D eigenvalue weighted by Crippen LogP contribution is -2.49. The van der Waals surface area contributed by atoms with Crippen LogP contribution in [0.3, 0.4) is 0 Å². The fourth-order valence-corrected chi connectivity index (χ4v) is 5.68. The molecule has 0 radical (unpaired) electrons. The van der Waals surface area contributed by atoms with E-state index in [1.165, 1.54) is 16.4 Å². The molecule has 1 aliphatic heterocycles. The highest BCUT2D eigenvalue weighted by molar-refractivity contribution is 7.89. The molecule has 3 heterocycles. The van der Waals surface area contributed by atoms with Gasteiger partial charge in [-0.05, 0) is 39.0 Å². The summed E-state index contributed by atoms with van der Waals surface area (Å²) in [7, 11) is -3.74. The standard InChI is InChI=1S/C20H22Cl2N6O2S/c1-13-14(2)28(12-23-13)20-11-19(24-15(3)25-20)26-6-8-27(9-7-26)31(29,30)18-10-16(21)4-5-17(18)22/h4-5,10-12H,6-9H2,1-3H3. The van der Waals surface area contributed by atoms with Gasteiger partial charge in [-0.1, -0.05) is 23.2 Å². The second-order valence-corrected chi connectivity index (χ2v) is 10.1. The highest BCUT2D eigenvalue weighted by atomic mass is 35.5. The number of anilines is 1. The largest absolute Gasteiger partial charge is 0.354 e. The Bertz CT molecular complexity index is 1240. The number of benzene rings is 1. The Balaban J connectivity index is 1.55. The number of imidazole rings is 1. The van der Waals surface area contributed by atoms with E-state index in [1.807, 2.05) is 31.4 Å². The molecule has 3 aromatic rings. The van der Waals surface area contributed by atoms with E-state index in [4.69, 9.17) is 23.2 Å². The minimum Gasteiger partial charge on any atom is -0.354 e. The second-order valence-electron chi connectivity index (χ2n) is 7.38. The summed E-state index contributed by atoms with van der Waals surface area (Å²) in [6, 6.07) is 6.36. The third-order valence-electron chi connectivity index (χ3n) is 5.38. The maximum Gasteiger partial charge on any atom is 0.244 e. The van der Waals surface area contributed by atoms with Crippen molar-refractivity contribution in [3.63, 3.8) is 0 Å². The summed E-state index contributed by atoms with van der Waals surface area (Å²) in [4.78, 5) is 15.5. The number of hydrogen-bond acceptors (Lipinski definition) is 6. The molecule has 11 heteroatoms. The van der Waals surface area contributed by atoms with Crippen LogP contribution in [0, 0.1) is 20.8 Å². The summed E-state index contributed by atoms with van der Waals surface area (Å²) in [5.74, 6) is 2.13. The van der Waals surface area contributed by atoms with Crippen molar-refractivity contribution in [1.29, 1.82) is 0 Å². The van der Waals surface area contributed by atoms with Crippen molar-refractivity contribution in [2.45, 2.75) is 25.7 Å². The molecule has 0 aliphatic carbocycles. The summed E-state index contributed by atoms with van der Waals surface area (Å²) >= 11 is 12.1. The normalized spacial score (nSPS) is 15.5. The molecule has 8 nitrogen and oxygen atoms in total. The molecule has 0 N–H and O–H groups in total. The van der Waals surface area contributed by atoms with E-state index in [-0.39, 0.29) is 9.92 Å². The van der Waals surface area contributed by atoms with Gasteiger partial charge in [0.1, 0.15) is 28.7 Å². The Morgan fingerprint density at radius 3 is 2.26 bits per heavy atom. The number of aromatic nitrogens is 4. The van der Waals surface area contributed by atoms with Gasteiger partial charge >= 0.3 is 0 Å². The first-order valence-electron chi connectivity index (χ1n) is 9.73. The quantitative estimate of drug-likeness (QED) is 0.568. The summed E-state index contributed by atoms with van der Waals surface area (Å²) in [5, 5.41) is 0.490. The van der Waals surface area contributed by atoms with Crippen molar-refractivity contribution in [2.24, 2.45) is 0 Å². The zero-order chi connectivity index (χ0) is 22.3. The molecule has 0 unspecified atom stereocenters. The van der Waals surface area contributed by atoms with Crippen LogP contribution >= 0.6 is 23.2 Å². The number of aryl methyl sites for hydroxylation is 2. The van der Waals surface area contributed by atoms with Crippen LogP contribution in [-0.2, 0) is 10.0 Å². The highest BCUT2D eigenvalue weighted by Gasteiger charge is 2.31. The summed E-state index contributed by atoms with van der Waals surface area (Å²) < 4.78 is 29.5. The van der Waals surface area contributed by atoms with E-state index in [2.05, 4.69) is 19.9 Å². The summed E-state index contributed by atoms with van der Waals surface area (Å²) in [5.41, 5.74) is 1.95. The average Bonchev–Trinajstić information content (AvgIpc) is 3.08. The zero-order valence-corrected chi connectivity index (χ0v) is 19.7. The second kappa shape index (κ2) is 8.38. The molecule has 1 aromatic carbocycles. The first kappa shape index (κ1) is 22.0. The Labute approximate surface area is 191 Å². The zero-order valence-electron chi connectivity index (χ0n) is 17.4. The fraction of sp³-hybridized carbons (Fsp3) is 0.350. The van der Waals surface area contributed by atoms with Crippen LogP contribution in [0.15, 0.2) is 35.5 Å². The maximum absolute atomic E-state index is 13.1. The van der Waals surface area contributed by atoms with Crippen molar-refractivity contribution >= 4 is 39.0 Å². The number of sulfonamides is 1. The maximum atomic E-state index is 13.1. The van der Waals surface area contributed by atoms with Gasteiger partial charge in [-0.25, -0.2) is 23.4 Å². The van der Waals surface area contributed by atoms with E-state index in [0.29, 0.717) is 37.0 Å². The lowest BCUT2D eigenvalue weighted by atomic mass is 10.3. The molecule has 1 fully saturated rings. The van der Waals surface area contributed by atoms with Gasteiger partial charge in [0.05, 0.1) is 10.7 Å². The lowest BCUT2D eigenvalue weighted by Gasteiger charge is -2.35. The topological polar surface area (TPSA) is 84.2 Å². The number of rotatable bonds is 4. The average molecular weight is 481 g/mol. The molecular formula is C20H22Cl2N6O2S. The molecule has 0 amide bonds. The van der Waals surface area contributed by atoms with Crippen molar-refractivity contribution in [3.05, 3.63) is 57.9 Å². The van der Waals surface area contributed by atoms with Crippen molar-refractivity contribution in [3.8, 4) is 5.82 Å². The Morgan fingerprint density at radius 2 is 1.61 bits per heavy atom. The Morgan fingerprint density at radius 1 is 0.935 bits per heavy atom. The van der Waals surface area contributed by atoms with Gasteiger partial charge in [-0.15, -0.1) is 0 Å². The Hall–Kier alpha value is -2.20. The minimum atomic E-state index is -3.74. The van der Waals surface area contributed by atoms with E-state index >= 15 is 0 Å². The molecule has 0 saturated carbocycles. The predicted octanol–water partition coefficient (Wildman–Crippen LogP) is 3.41. The molecule has 31 heavy (non-hydrogen) atoms. The van der Waals surface area contributed by atoms with Gasteiger partial charge < -0.3 is 4.90 Å². The van der Waals surface area contributed by atoms with E-state index in [1.54, 1.807) is 12.4 Å². The monoisotopic (exact) mass is 480 g/mol. The molecule has 164 valence electrons. The Kier molecular flexibility index (Phi) is 5.95. The molecule has 4 rings (SSSR count). The molecule has 0 bridgehead atoms. The number of nitrogens with zero attached hydrogens (tertiary/aromatic N) is 6. The van der Waals surface area contributed by atoms with Gasteiger partial charge in [0, 0.05) is 43.0 Å². The van der Waals surface area contributed by atoms with Gasteiger partial charge in [-0.2, -0.15) is 4.31 Å². The molecule has 1 aliphatic rings. The molecular weight excluding hydrogens is 459 g/mol. The molecule has 0 atom stereocenters. The smallest absolute Gasteiger partial charge is 0.244 e. The molecule has 0 spiro atoms. The fourth-order valence-electron chi connectivity index (χ4n) is 3.52. The number of piperazine rings is 1. The van der Waals surface area contributed by atoms with Crippen LogP contribution in [0.25, 0.3) is 5.82 Å². The molecule has 1 saturated heterocycles. The van der Waals surface area contributed by atoms with Gasteiger partial charge in [0.15, 0.2) is 0 Å². The number of halogens is 2. The first-order valence-corrected chi connectivity index (χ1v) is 11.9. The van der Waals surface area contributed by atoms with Crippen LogP contribution < -0.4 is 4.90 Å². The van der Waals surface area contributed by atoms with Gasteiger partial charge in [0.25, 0.3) is 0 Å². The summed E-state index contributed by atoms with van der Waals surface area (Å²) in [6.07, 6.45) is 1.75. The van der Waals surface area contributed by atoms with Crippen LogP contribution in [0.5, 0.6) is 0 Å². The minimum absolute atomic E-state index is 0.0289. The van der Waals surface area contributed by atoms with E-state index in [0.717, 1.165) is 23.0 Å². The highest BCUT2D eigenvalue weighted by Crippen LogP contribution is 2.29. The van der Waals surface area contributed by atoms with Crippen molar-refractivity contribution in [1.82, 2.24) is 23.8 Å². The van der Waals surface area contributed by atoms with E-state index in [9.17, 15) is 8.42 Å². The lowest BCUT2D eigenvalue weighted by molar-refractivity contribution is 0.383. The number of hydrogen-bond donors (Lipinski definition) is 0. The van der Waals surface area contributed by atoms with Crippen molar-refractivity contribution < 1.29 is 8.42 Å². The predicted molar refractivity (Wildman–Crippen MR) is 121 cm³/mol. The SMILES string of the molecule is Cc1nc(N2CCN(S(=O)(=O)c3cc(Cl)ccc3Cl)CC2)cc(-n2cnc(C)c2C)n1. The van der Waals surface area contributed by atoms with Crippen LogP contribution in [0.1, 0.15) is 17.2 Å². The third kappa shape index (κ3) is 4.27. The summed E-state index contributed by atoms with van der Waals surface area (Å²) in [6.45, 7) is 7.40.